The van der Waals surface area contributed by atoms with Crippen LogP contribution in [0.5, 0.6) is 11.5 Å². The molecule has 0 unspecified atom stereocenters. The first kappa shape index (κ1) is 17.5. The number of rotatable bonds is 6. The Morgan fingerprint density at radius 3 is 2.92 bits per heavy atom. The van der Waals surface area contributed by atoms with E-state index in [9.17, 15) is 4.79 Å². The molecule has 0 atom stereocenters. The van der Waals surface area contributed by atoms with Crippen LogP contribution in [0.15, 0.2) is 40.3 Å². The number of aliphatic imine (C=N–C) groups is 1. The Balaban J connectivity index is 1.93. The predicted molar refractivity (Wildman–Crippen MR) is 98.7 cm³/mol. The molecule has 3 rings (SSSR count). The van der Waals surface area contributed by atoms with E-state index < -0.39 is 5.97 Å². The molecule has 130 valence electrons. The minimum Gasteiger partial charge on any atom is -0.493 e. The zero-order valence-electron chi connectivity index (χ0n) is 13.7. The number of cyclic esters (lactones) is 1. The number of carbonyl (C=O) groups excluding carboxylic acids is 1. The molecular weight excluding hydrogens is 362 g/mol. The first-order chi connectivity index (χ1) is 12.1. The number of carbonyl (C=O) groups is 1. The maximum absolute atomic E-state index is 12.0. The van der Waals surface area contributed by atoms with E-state index in [0.717, 1.165) is 11.3 Å². The van der Waals surface area contributed by atoms with Gasteiger partial charge in [-0.15, -0.1) is 11.3 Å². The van der Waals surface area contributed by atoms with Crippen molar-refractivity contribution in [2.24, 2.45) is 4.99 Å². The van der Waals surface area contributed by atoms with Gasteiger partial charge in [0.05, 0.1) is 23.6 Å². The molecule has 0 radical (unpaired) electrons. The number of methoxy groups -OCH3 is 1. The van der Waals surface area contributed by atoms with Crippen LogP contribution in [0.3, 0.4) is 0 Å². The van der Waals surface area contributed by atoms with E-state index in [1.54, 1.807) is 18.2 Å². The first-order valence-electron chi connectivity index (χ1n) is 7.69. The largest absolute Gasteiger partial charge is 0.493 e. The lowest BCUT2D eigenvalue weighted by molar-refractivity contribution is -0.129. The maximum Gasteiger partial charge on any atom is 0.363 e. The van der Waals surface area contributed by atoms with Crippen LogP contribution in [0.4, 0.5) is 0 Å². The topological polar surface area (TPSA) is 57.1 Å². The third-order valence-corrected chi connectivity index (χ3v) is 4.50. The van der Waals surface area contributed by atoms with Gasteiger partial charge in [-0.05, 0) is 41.6 Å². The fourth-order valence-corrected chi connectivity index (χ4v) is 3.16. The average molecular weight is 378 g/mol. The van der Waals surface area contributed by atoms with Gasteiger partial charge in [-0.1, -0.05) is 24.6 Å². The molecule has 25 heavy (non-hydrogen) atoms. The average Bonchev–Trinajstić information content (AvgIpc) is 3.24. The van der Waals surface area contributed by atoms with Crippen molar-refractivity contribution in [3.63, 3.8) is 0 Å². The number of thiophene rings is 1. The Kier molecular flexibility index (Phi) is 5.40. The number of benzene rings is 1. The Bertz CT molecular complexity index is 843. The number of hydrogen-bond donors (Lipinski definition) is 0. The van der Waals surface area contributed by atoms with Crippen LogP contribution in [0.1, 0.15) is 23.8 Å². The predicted octanol–water partition coefficient (Wildman–Crippen LogP) is 4.54. The van der Waals surface area contributed by atoms with Crippen molar-refractivity contribution in [1.29, 1.82) is 0 Å². The summed E-state index contributed by atoms with van der Waals surface area (Å²) in [6.07, 6.45) is 2.47. The fraction of sp³-hybridized carbons (Fsp3) is 0.222. The molecule has 7 heteroatoms. The maximum atomic E-state index is 12.0. The second-order valence-corrected chi connectivity index (χ2v) is 6.55. The molecular formula is C18H16ClNO4S. The Labute approximate surface area is 154 Å². The molecule has 5 nitrogen and oxygen atoms in total. The summed E-state index contributed by atoms with van der Waals surface area (Å²) < 4.78 is 16.2. The summed E-state index contributed by atoms with van der Waals surface area (Å²) >= 11 is 7.75. The number of halogens is 1. The number of nitrogens with zero attached hydrogens (tertiary/aromatic N) is 1. The van der Waals surface area contributed by atoms with Crippen molar-refractivity contribution in [2.45, 2.75) is 13.3 Å². The van der Waals surface area contributed by atoms with Crippen LogP contribution in [0.25, 0.3) is 6.08 Å². The number of hydrogen-bond acceptors (Lipinski definition) is 6. The molecule has 0 spiro atoms. The van der Waals surface area contributed by atoms with Gasteiger partial charge in [-0.2, -0.15) is 0 Å². The minimum atomic E-state index is -0.496. The molecule has 0 saturated carbocycles. The van der Waals surface area contributed by atoms with E-state index in [0.29, 0.717) is 34.6 Å². The summed E-state index contributed by atoms with van der Waals surface area (Å²) in [6, 6.07) is 7.17. The van der Waals surface area contributed by atoms with Crippen LogP contribution >= 0.6 is 22.9 Å². The third kappa shape index (κ3) is 3.86. The summed E-state index contributed by atoms with van der Waals surface area (Å²) in [5, 5.41) is 2.31. The summed E-state index contributed by atoms with van der Waals surface area (Å²) in [4.78, 5) is 17.1. The van der Waals surface area contributed by atoms with Gasteiger partial charge >= 0.3 is 5.97 Å². The van der Waals surface area contributed by atoms with E-state index in [-0.39, 0.29) is 5.70 Å². The monoisotopic (exact) mass is 377 g/mol. The van der Waals surface area contributed by atoms with Crippen LogP contribution in [-0.2, 0) is 9.53 Å². The molecule has 0 saturated heterocycles. The summed E-state index contributed by atoms with van der Waals surface area (Å²) in [5.41, 5.74) is 0.887. The molecule has 2 heterocycles. The van der Waals surface area contributed by atoms with Gasteiger partial charge in [0.2, 0.25) is 5.90 Å². The smallest absolute Gasteiger partial charge is 0.363 e. The molecule has 0 amide bonds. The van der Waals surface area contributed by atoms with Gasteiger partial charge in [0.25, 0.3) is 0 Å². The second-order valence-electron chi connectivity index (χ2n) is 5.20. The molecule has 1 aromatic carbocycles. The normalized spacial score (nSPS) is 15.2. The van der Waals surface area contributed by atoms with Crippen LogP contribution < -0.4 is 9.47 Å². The Morgan fingerprint density at radius 1 is 1.40 bits per heavy atom. The van der Waals surface area contributed by atoms with E-state index in [1.807, 2.05) is 24.4 Å². The fourth-order valence-electron chi connectivity index (χ4n) is 2.24. The minimum absolute atomic E-state index is 0.212. The quantitative estimate of drug-likeness (QED) is 0.547. The third-order valence-electron chi connectivity index (χ3n) is 3.36. The highest BCUT2D eigenvalue weighted by atomic mass is 35.5. The molecule has 1 aliphatic heterocycles. The van der Waals surface area contributed by atoms with Gasteiger partial charge < -0.3 is 14.2 Å². The van der Waals surface area contributed by atoms with Crippen molar-refractivity contribution in [2.75, 3.05) is 13.7 Å². The zero-order valence-corrected chi connectivity index (χ0v) is 15.3. The number of ether oxygens (including phenoxy) is 3. The second kappa shape index (κ2) is 7.72. The van der Waals surface area contributed by atoms with Crippen molar-refractivity contribution < 1.29 is 19.0 Å². The molecule has 0 fully saturated rings. The van der Waals surface area contributed by atoms with Gasteiger partial charge in [-0.25, -0.2) is 9.79 Å². The van der Waals surface area contributed by atoms with E-state index in [1.165, 1.54) is 18.4 Å². The molecule has 0 bridgehead atoms. The van der Waals surface area contributed by atoms with Crippen molar-refractivity contribution in [3.05, 3.63) is 50.8 Å². The molecule has 2 aromatic rings. The van der Waals surface area contributed by atoms with E-state index in [2.05, 4.69) is 4.99 Å². The zero-order chi connectivity index (χ0) is 17.8. The lowest BCUT2D eigenvalue weighted by atomic mass is 10.1. The highest BCUT2D eigenvalue weighted by Gasteiger charge is 2.25. The van der Waals surface area contributed by atoms with E-state index in [4.69, 9.17) is 25.8 Å². The molecule has 1 aliphatic rings. The summed E-state index contributed by atoms with van der Waals surface area (Å²) in [7, 11) is 1.54. The van der Waals surface area contributed by atoms with E-state index >= 15 is 0 Å². The van der Waals surface area contributed by atoms with Crippen LogP contribution in [0.2, 0.25) is 5.02 Å². The Morgan fingerprint density at radius 2 is 2.24 bits per heavy atom. The highest BCUT2D eigenvalue weighted by molar-refractivity contribution is 7.12. The van der Waals surface area contributed by atoms with Crippen LogP contribution in [-0.4, -0.2) is 25.6 Å². The SMILES string of the molecule is CCCOc1c(Cl)cc(/C=C2/N=C(c3cccs3)OC2=O)cc1OC. The molecule has 0 N–H and O–H groups in total. The highest BCUT2D eigenvalue weighted by Crippen LogP contribution is 2.37. The lowest BCUT2D eigenvalue weighted by Crippen LogP contribution is -2.03. The molecule has 1 aromatic heterocycles. The first-order valence-corrected chi connectivity index (χ1v) is 8.95. The summed E-state index contributed by atoms with van der Waals surface area (Å²) in [6.45, 7) is 2.55. The van der Waals surface area contributed by atoms with Gasteiger partial charge in [0.15, 0.2) is 17.2 Å². The van der Waals surface area contributed by atoms with Crippen molar-refractivity contribution in [3.8, 4) is 11.5 Å². The lowest BCUT2D eigenvalue weighted by Gasteiger charge is -2.12. The summed E-state index contributed by atoms with van der Waals surface area (Å²) in [5.74, 6) is 0.809. The van der Waals surface area contributed by atoms with Gasteiger partial charge in [0, 0.05) is 0 Å². The molecule has 0 aliphatic carbocycles. The number of esters is 1. The van der Waals surface area contributed by atoms with Crippen molar-refractivity contribution in [1.82, 2.24) is 0 Å². The standard InChI is InChI=1S/C18H16ClNO4S/c1-3-6-23-16-12(19)8-11(10-14(16)22-2)9-13-18(21)24-17(20-13)15-5-4-7-25-15/h4-5,7-10H,3,6H2,1-2H3/b13-9+. The van der Waals surface area contributed by atoms with Crippen molar-refractivity contribution >= 4 is 40.9 Å². The van der Waals surface area contributed by atoms with Gasteiger partial charge in [0.1, 0.15) is 0 Å². The van der Waals surface area contributed by atoms with Crippen LogP contribution in [0, 0.1) is 0 Å². The Hall–Kier alpha value is -2.31. The van der Waals surface area contributed by atoms with Gasteiger partial charge in [-0.3, -0.25) is 0 Å².